The summed E-state index contributed by atoms with van der Waals surface area (Å²) in [7, 11) is 0. The summed E-state index contributed by atoms with van der Waals surface area (Å²) in [5.74, 6) is -0.231. The van der Waals surface area contributed by atoms with Gasteiger partial charge in [0.1, 0.15) is 5.76 Å². The summed E-state index contributed by atoms with van der Waals surface area (Å²) in [6.07, 6.45) is -3.89. The van der Waals surface area contributed by atoms with Crippen molar-refractivity contribution in [3.63, 3.8) is 0 Å². The lowest BCUT2D eigenvalue weighted by atomic mass is 10.1. The Morgan fingerprint density at radius 1 is 1.18 bits per heavy atom. The quantitative estimate of drug-likeness (QED) is 0.582. The van der Waals surface area contributed by atoms with Gasteiger partial charge in [-0.05, 0) is 25.1 Å². The Labute approximate surface area is 197 Å². The van der Waals surface area contributed by atoms with Crippen molar-refractivity contribution in [2.24, 2.45) is 0 Å². The minimum absolute atomic E-state index is 0.0500. The van der Waals surface area contributed by atoms with Crippen LogP contribution in [-0.4, -0.2) is 69.3 Å². The highest BCUT2D eigenvalue weighted by molar-refractivity contribution is 6.30. The van der Waals surface area contributed by atoms with E-state index in [-0.39, 0.29) is 36.3 Å². The molecule has 0 bridgehead atoms. The number of nitrogens with one attached hydrogen (secondary N) is 1. The van der Waals surface area contributed by atoms with E-state index in [1.54, 1.807) is 17.9 Å². The molecule has 34 heavy (non-hydrogen) atoms. The van der Waals surface area contributed by atoms with Crippen LogP contribution in [-0.2, 0) is 11.0 Å². The first-order valence-corrected chi connectivity index (χ1v) is 10.7. The molecule has 1 aromatic carbocycles. The van der Waals surface area contributed by atoms with Gasteiger partial charge in [-0.2, -0.15) is 18.3 Å². The first kappa shape index (κ1) is 23.8. The molecule has 0 unspecified atom stereocenters. The smallest absolute Gasteiger partial charge is 0.360 e. The van der Waals surface area contributed by atoms with Crippen LogP contribution in [0, 0.1) is 6.92 Å². The summed E-state index contributed by atoms with van der Waals surface area (Å²) in [4.78, 5) is 28.3. The number of piperazine rings is 1. The van der Waals surface area contributed by atoms with Crippen molar-refractivity contribution in [2.75, 3.05) is 38.0 Å². The topological polar surface area (TPSA) is 96.5 Å². The van der Waals surface area contributed by atoms with Gasteiger partial charge in [0.25, 0.3) is 5.91 Å². The summed E-state index contributed by atoms with van der Waals surface area (Å²) < 4.78 is 47.3. The van der Waals surface area contributed by atoms with Gasteiger partial charge in [-0.3, -0.25) is 14.5 Å². The normalized spacial score (nSPS) is 14.9. The van der Waals surface area contributed by atoms with Gasteiger partial charge in [0.15, 0.2) is 11.5 Å². The van der Waals surface area contributed by atoms with E-state index in [1.807, 2.05) is 0 Å². The van der Waals surface area contributed by atoms with Crippen molar-refractivity contribution in [1.82, 2.24) is 24.7 Å². The number of aryl methyl sites for hydroxylation is 1. The van der Waals surface area contributed by atoms with E-state index >= 15 is 0 Å². The maximum atomic E-state index is 13.9. The lowest BCUT2D eigenvalue weighted by Gasteiger charge is -2.34. The third-order valence-electron chi connectivity index (χ3n) is 5.24. The molecule has 1 fully saturated rings. The number of benzene rings is 1. The SMILES string of the molecule is Cc1cc(NC(=O)CN2CCN(C(=O)c3cnn(-c4cccc(Cl)c4)c3C(F)(F)F)CC2)no1. The second-order valence-electron chi connectivity index (χ2n) is 7.74. The summed E-state index contributed by atoms with van der Waals surface area (Å²) in [6.45, 7) is 2.71. The van der Waals surface area contributed by atoms with Crippen LogP contribution in [0.3, 0.4) is 0 Å². The van der Waals surface area contributed by atoms with Gasteiger partial charge in [-0.15, -0.1) is 0 Å². The molecule has 1 aliphatic rings. The Balaban J connectivity index is 1.43. The van der Waals surface area contributed by atoms with Gasteiger partial charge < -0.3 is 14.7 Å². The molecule has 0 saturated carbocycles. The zero-order valence-corrected chi connectivity index (χ0v) is 18.7. The molecule has 3 heterocycles. The van der Waals surface area contributed by atoms with Crippen LogP contribution in [0.25, 0.3) is 5.69 Å². The summed E-state index contributed by atoms with van der Waals surface area (Å²) in [6, 6.07) is 7.37. The number of nitrogens with zero attached hydrogens (tertiary/aromatic N) is 5. The average molecular weight is 497 g/mol. The van der Waals surface area contributed by atoms with Crippen LogP contribution in [0.15, 0.2) is 41.1 Å². The predicted octanol–water partition coefficient (Wildman–Crippen LogP) is 3.24. The average Bonchev–Trinajstić information content (AvgIpc) is 3.40. The second-order valence-corrected chi connectivity index (χ2v) is 8.17. The largest absolute Gasteiger partial charge is 0.434 e. The van der Waals surface area contributed by atoms with Crippen molar-refractivity contribution in [3.8, 4) is 5.69 Å². The monoisotopic (exact) mass is 496 g/mol. The molecule has 9 nitrogen and oxygen atoms in total. The van der Waals surface area contributed by atoms with E-state index < -0.39 is 23.3 Å². The number of carbonyl (C=O) groups excluding carboxylic acids is 2. The molecule has 2 amide bonds. The van der Waals surface area contributed by atoms with Crippen molar-refractivity contribution in [1.29, 1.82) is 0 Å². The summed E-state index contributed by atoms with van der Waals surface area (Å²) in [5, 5.41) is 10.4. The van der Waals surface area contributed by atoms with Gasteiger partial charge in [-0.25, -0.2) is 4.68 Å². The van der Waals surface area contributed by atoms with Gasteiger partial charge in [0.05, 0.1) is 24.0 Å². The van der Waals surface area contributed by atoms with E-state index in [0.717, 1.165) is 6.20 Å². The number of amides is 2. The van der Waals surface area contributed by atoms with Gasteiger partial charge in [-0.1, -0.05) is 22.8 Å². The van der Waals surface area contributed by atoms with Crippen LogP contribution in [0.4, 0.5) is 19.0 Å². The third-order valence-corrected chi connectivity index (χ3v) is 5.48. The number of anilines is 1. The molecule has 3 aromatic rings. The molecule has 13 heteroatoms. The Hall–Kier alpha value is -3.38. The number of carbonyl (C=O) groups is 2. The Morgan fingerprint density at radius 2 is 1.91 bits per heavy atom. The van der Waals surface area contributed by atoms with Crippen molar-refractivity contribution >= 4 is 29.2 Å². The highest BCUT2D eigenvalue weighted by Gasteiger charge is 2.41. The van der Waals surface area contributed by atoms with Crippen LogP contribution < -0.4 is 5.32 Å². The molecule has 0 atom stereocenters. The molecule has 0 aliphatic carbocycles. The number of hydrogen-bond donors (Lipinski definition) is 1. The van der Waals surface area contributed by atoms with Crippen molar-refractivity contribution in [2.45, 2.75) is 13.1 Å². The molecule has 0 spiro atoms. The first-order valence-electron chi connectivity index (χ1n) is 10.3. The van der Waals surface area contributed by atoms with Crippen LogP contribution in [0.5, 0.6) is 0 Å². The zero-order chi connectivity index (χ0) is 24.5. The first-order chi connectivity index (χ1) is 16.1. The molecule has 1 N–H and O–H groups in total. The maximum Gasteiger partial charge on any atom is 0.434 e. The van der Waals surface area contributed by atoms with Crippen LogP contribution in [0.1, 0.15) is 21.8 Å². The fourth-order valence-corrected chi connectivity index (χ4v) is 3.86. The number of alkyl halides is 3. The highest BCUT2D eigenvalue weighted by Crippen LogP contribution is 2.34. The second kappa shape index (κ2) is 9.47. The predicted molar refractivity (Wildman–Crippen MR) is 116 cm³/mol. The molecule has 0 radical (unpaired) electrons. The molecule has 1 aliphatic heterocycles. The standard InChI is InChI=1S/C21H20ClF3N6O3/c1-13-9-17(28-34-13)27-18(32)12-29-5-7-30(8-6-29)20(33)16-11-26-31(19(16)21(23,24)25)15-4-2-3-14(22)10-15/h2-4,9-11H,5-8,12H2,1H3,(H,27,28,32). The molecule has 2 aromatic heterocycles. The molecule has 180 valence electrons. The number of rotatable bonds is 5. The van der Waals surface area contributed by atoms with Crippen molar-refractivity contribution in [3.05, 3.63) is 58.6 Å². The molecule has 4 rings (SSSR count). The zero-order valence-electron chi connectivity index (χ0n) is 18.0. The minimum Gasteiger partial charge on any atom is -0.360 e. The Morgan fingerprint density at radius 3 is 2.53 bits per heavy atom. The third kappa shape index (κ3) is 5.23. The van der Waals surface area contributed by atoms with Crippen LogP contribution in [0.2, 0.25) is 5.02 Å². The van der Waals surface area contributed by atoms with Crippen molar-refractivity contribution < 1.29 is 27.3 Å². The maximum absolute atomic E-state index is 13.9. The molecular weight excluding hydrogens is 477 g/mol. The lowest BCUT2D eigenvalue weighted by molar-refractivity contribution is -0.143. The van der Waals surface area contributed by atoms with Gasteiger partial charge in [0.2, 0.25) is 5.91 Å². The summed E-state index contributed by atoms with van der Waals surface area (Å²) >= 11 is 5.91. The van der Waals surface area contributed by atoms with E-state index in [9.17, 15) is 22.8 Å². The highest BCUT2D eigenvalue weighted by atomic mass is 35.5. The number of halogens is 4. The Bertz CT molecular complexity index is 1200. The van der Waals surface area contributed by atoms with E-state index in [1.165, 1.54) is 29.2 Å². The fourth-order valence-electron chi connectivity index (χ4n) is 3.67. The van der Waals surface area contributed by atoms with E-state index in [0.29, 0.717) is 29.3 Å². The number of hydrogen-bond acceptors (Lipinski definition) is 6. The number of aromatic nitrogens is 3. The molecular formula is C21H20ClF3N6O3. The Kier molecular flexibility index (Phi) is 6.62. The summed E-state index contributed by atoms with van der Waals surface area (Å²) in [5.41, 5.74) is -1.61. The van der Waals surface area contributed by atoms with Crippen LogP contribution >= 0.6 is 11.6 Å². The van der Waals surface area contributed by atoms with E-state index in [2.05, 4.69) is 15.6 Å². The lowest BCUT2D eigenvalue weighted by Crippen LogP contribution is -2.50. The minimum atomic E-state index is -4.82. The van der Waals surface area contributed by atoms with Gasteiger partial charge >= 0.3 is 6.18 Å². The fraction of sp³-hybridized carbons (Fsp3) is 0.333. The van der Waals surface area contributed by atoms with E-state index in [4.69, 9.17) is 16.1 Å². The van der Waals surface area contributed by atoms with Gasteiger partial charge in [0, 0.05) is 37.3 Å². The molecule has 1 saturated heterocycles.